The average molecular weight is 220 g/mol. The zero-order valence-corrected chi connectivity index (χ0v) is 7.18. The molecule has 0 bridgehead atoms. The van der Waals surface area contributed by atoms with Crippen molar-refractivity contribution in [1.29, 1.82) is 5.26 Å². The van der Waals surface area contributed by atoms with Gasteiger partial charge in [0.25, 0.3) is 0 Å². The molecule has 0 aromatic carbocycles. The summed E-state index contributed by atoms with van der Waals surface area (Å²) in [6.45, 7) is -1.15. The second-order valence-corrected chi connectivity index (χ2v) is 2.45. The van der Waals surface area contributed by atoms with E-state index in [9.17, 15) is 17.6 Å². The molecule has 0 aliphatic carbocycles. The van der Waals surface area contributed by atoms with E-state index < -0.39 is 18.9 Å². The highest BCUT2D eigenvalue weighted by Gasteiger charge is 2.33. The van der Waals surface area contributed by atoms with Gasteiger partial charge in [-0.2, -0.15) is 5.26 Å². The van der Waals surface area contributed by atoms with Crippen LogP contribution < -0.4 is 4.74 Å². The maximum Gasteiger partial charge on any atom is 0.574 e. The third-order valence-corrected chi connectivity index (χ3v) is 1.41. The minimum atomic E-state index is -4.95. The molecule has 0 saturated heterocycles. The molecule has 0 aliphatic rings. The number of nitrogens with zero attached hydrogens (tertiary/aromatic N) is 2. The van der Waals surface area contributed by atoms with Gasteiger partial charge in [0.05, 0.1) is 0 Å². The summed E-state index contributed by atoms with van der Waals surface area (Å²) in [6.07, 6.45) is -4.95. The highest BCUT2D eigenvalue weighted by molar-refractivity contribution is 5.32. The SMILES string of the molecule is N#Cc1ccc(CF)c(OC(F)(F)F)n1. The van der Waals surface area contributed by atoms with Crippen LogP contribution in [0.1, 0.15) is 11.3 Å². The van der Waals surface area contributed by atoms with Gasteiger partial charge in [-0.15, -0.1) is 13.2 Å². The number of rotatable bonds is 2. The topological polar surface area (TPSA) is 45.9 Å². The fourth-order valence-corrected chi connectivity index (χ4v) is 0.831. The molecule has 0 amide bonds. The van der Waals surface area contributed by atoms with Crippen molar-refractivity contribution < 1.29 is 22.3 Å². The van der Waals surface area contributed by atoms with Gasteiger partial charge < -0.3 is 4.74 Å². The second kappa shape index (κ2) is 4.13. The molecule has 15 heavy (non-hydrogen) atoms. The summed E-state index contributed by atoms with van der Waals surface area (Å²) in [4.78, 5) is 3.20. The first-order valence-electron chi connectivity index (χ1n) is 3.68. The summed E-state index contributed by atoms with van der Waals surface area (Å²) in [7, 11) is 0. The molecule has 0 N–H and O–H groups in total. The van der Waals surface area contributed by atoms with Crippen LogP contribution in [0, 0.1) is 11.3 Å². The van der Waals surface area contributed by atoms with Crippen LogP contribution in [0.3, 0.4) is 0 Å². The Morgan fingerprint density at radius 2 is 2.07 bits per heavy atom. The van der Waals surface area contributed by atoms with Crippen molar-refractivity contribution in [2.24, 2.45) is 0 Å². The molecule has 0 atom stereocenters. The van der Waals surface area contributed by atoms with Crippen LogP contribution >= 0.6 is 0 Å². The lowest BCUT2D eigenvalue weighted by atomic mass is 10.2. The van der Waals surface area contributed by atoms with E-state index in [-0.39, 0.29) is 11.3 Å². The number of ether oxygens (including phenoxy) is 1. The standard InChI is InChI=1S/C8H4F4N2O/c9-3-5-1-2-6(4-13)14-7(5)15-8(10,11)12/h1-2H,3H2. The van der Waals surface area contributed by atoms with Crippen LogP contribution in [0.2, 0.25) is 0 Å². The van der Waals surface area contributed by atoms with Gasteiger partial charge in [-0.25, -0.2) is 9.37 Å². The molecule has 0 fully saturated rings. The van der Waals surface area contributed by atoms with E-state index in [2.05, 4.69) is 9.72 Å². The maximum absolute atomic E-state index is 12.2. The van der Waals surface area contributed by atoms with E-state index in [1.807, 2.05) is 0 Å². The van der Waals surface area contributed by atoms with Crippen LogP contribution in [0.15, 0.2) is 12.1 Å². The van der Waals surface area contributed by atoms with Crippen LogP contribution in [0.25, 0.3) is 0 Å². The first-order valence-corrected chi connectivity index (χ1v) is 3.68. The summed E-state index contributed by atoms with van der Waals surface area (Å²) in [5.74, 6) is -0.927. The smallest absolute Gasteiger partial charge is 0.387 e. The van der Waals surface area contributed by atoms with Gasteiger partial charge in [-0.1, -0.05) is 0 Å². The minimum Gasteiger partial charge on any atom is -0.387 e. The number of pyridine rings is 1. The lowest BCUT2D eigenvalue weighted by Crippen LogP contribution is -2.19. The van der Waals surface area contributed by atoms with E-state index >= 15 is 0 Å². The third kappa shape index (κ3) is 3.09. The fourth-order valence-electron chi connectivity index (χ4n) is 0.831. The molecule has 0 unspecified atom stereocenters. The number of alkyl halides is 4. The summed E-state index contributed by atoms with van der Waals surface area (Å²) in [5, 5.41) is 8.38. The summed E-state index contributed by atoms with van der Waals surface area (Å²) >= 11 is 0. The largest absolute Gasteiger partial charge is 0.574 e. The van der Waals surface area contributed by atoms with E-state index in [4.69, 9.17) is 5.26 Å². The number of hydrogen-bond donors (Lipinski definition) is 0. The summed E-state index contributed by atoms with van der Waals surface area (Å²) < 4.78 is 51.2. The van der Waals surface area contributed by atoms with Crippen molar-refractivity contribution in [3.63, 3.8) is 0 Å². The number of nitriles is 1. The van der Waals surface area contributed by atoms with Crippen molar-refractivity contribution in [1.82, 2.24) is 4.98 Å². The van der Waals surface area contributed by atoms with E-state index in [0.717, 1.165) is 12.1 Å². The third-order valence-electron chi connectivity index (χ3n) is 1.41. The molecular weight excluding hydrogens is 216 g/mol. The molecule has 0 aliphatic heterocycles. The monoisotopic (exact) mass is 220 g/mol. The number of aromatic nitrogens is 1. The quantitative estimate of drug-likeness (QED) is 0.718. The van der Waals surface area contributed by atoms with E-state index in [1.165, 1.54) is 6.07 Å². The minimum absolute atomic E-state index is 0.272. The Labute approximate surface area is 81.9 Å². The molecule has 3 nitrogen and oxygen atoms in total. The normalized spacial score (nSPS) is 10.9. The summed E-state index contributed by atoms with van der Waals surface area (Å²) in [5.41, 5.74) is -0.627. The van der Waals surface area contributed by atoms with Gasteiger partial charge >= 0.3 is 6.36 Å². The number of halogens is 4. The Morgan fingerprint density at radius 1 is 1.40 bits per heavy atom. The van der Waals surface area contributed by atoms with E-state index in [1.54, 1.807) is 0 Å². The maximum atomic E-state index is 12.2. The van der Waals surface area contributed by atoms with Crippen molar-refractivity contribution >= 4 is 0 Å². The lowest BCUT2D eigenvalue weighted by molar-refractivity contribution is -0.276. The Kier molecular flexibility index (Phi) is 3.09. The molecule has 1 rings (SSSR count). The Hall–Kier alpha value is -1.84. The van der Waals surface area contributed by atoms with Gasteiger partial charge in [0.15, 0.2) is 0 Å². The summed E-state index contributed by atoms with van der Waals surface area (Å²) in [6, 6.07) is 3.65. The zero-order valence-electron chi connectivity index (χ0n) is 7.18. The molecule has 0 radical (unpaired) electrons. The first kappa shape index (κ1) is 11.2. The molecule has 0 saturated carbocycles. The second-order valence-electron chi connectivity index (χ2n) is 2.45. The van der Waals surface area contributed by atoms with Crippen molar-refractivity contribution in [2.75, 3.05) is 0 Å². The van der Waals surface area contributed by atoms with Crippen LogP contribution in [-0.4, -0.2) is 11.3 Å². The fraction of sp³-hybridized carbons (Fsp3) is 0.250. The Morgan fingerprint density at radius 3 is 2.53 bits per heavy atom. The molecule has 1 aromatic heterocycles. The average Bonchev–Trinajstić information content (AvgIpc) is 2.15. The van der Waals surface area contributed by atoms with Crippen LogP contribution in [-0.2, 0) is 6.67 Å². The lowest BCUT2D eigenvalue weighted by Gasteiger charge is -2.10. The van der Waals surface area contributed by atoms with Crippen molar-refractivity contribution in [3.8, 4) is 11.9 Å². The zero-order chi connectivity index (χ0) is 11.5. The van der Waals surface area contributed by atoms with Gasteiger partial charge in [-0.3, -0.25) is 0 Å². The molecule has 7 heteroatoms. The van der Waals surface area contributed by atoms with Crippen LogP contribution in [0.4, 0.5) is 17.6 Å². The molecule has 80 valence electrons. The predicted octanol–water partition coefficient (Wildman–Crippen LogP) is 2.32. The van der Waals surface area contributed by atoms with Gasteiger partial charge in [0.2, 0.25) is 5.88 Å². The Balaban J connectivity index is 3.08. The van der Waals surface area contributed by atoms with Crippen molar-refractivity contribution in [3.05, 3.63) is 23.4 Å². The van der Waals surface area contributed by atoms with Gasteiger partial charge in [0.1, 0.15) is 18.4 Å². The molecule has 0 spiro atoms. The highest BCUT2D eigenvalue weighted by Crippen LogP contribution is 2.25. The molecule has 1 aromatic rings. The molecular formula is C8H4F4N2O. The van der Waals surface area contributed by atoms with Gasteiger partial charge in [-0.05, 0) is 12.1 Å². The van der Waals surface area contributed by atoms with Crippen molar-refractivity contribution in [2.45, 2.75) is 13.0 Å². The Bertz CT molecular complexity index is 397. The van der Waals surface area contributed by atoms with E-state index in [0.29, 0.717) is 0 Å². The van der Waals surface area contributed by atoms with Gasteiger partial charge in [0, 0.05) is 5.56 Å². The molecule has 1 heterocycles. The highest BCUT2D eigenvalue weighted by atomic mass is 19.4. The predicted molar refractivity (Wildman–Crippen MR) is 40.4 cm³/mol. The van der Waals surface area contributed by atoms with Crippen LogP contribution in [0.5, 0.6) is 5.88 Å². The first-order chi connectivity index (χ1) is 6.96. The number of hydrogen-bond acceptors (Lipinski definition) is 3.